The largest absolute Gasteiger partial charge is 0.395 e. The van der Waals surface area contributed by atoms with Crippen molar-refractivity contribution in [2.75, 3.05) is 25.5 Å². The normalized spacial score (nSPS) is 12.2. The van der Waals surface area contributed by atoms with Crippen LogP contribution in [0, 0.1) is 5.13 Å². The number of rotatable bonds is 10. The molecule has 0 saturated heterocycles. The Morgan fingerprint density at radius 2 is 2.06 bits per heavy atom. The molecule has 0 fully saturated rings. The summed E-state index contributed by atoms with van der Waals surface area (Å²) < 4.78 is 40.9. The highest BCUT2D eigenvalue weighted by Gasteiger charge is 2.22. The van der Waals surface area contributed by atoms with Crippen LogP contribution in [-0.4, -0.2) is 64.4 Å². The SMILES string of the molecule is CN(CCO)S(=O)(=O)c1ccc(C(=NOCc2ccn(C)n2)C(=O)Nc2ncc(F)s2)cc1. The molecule has 3 aromatic rings. The molecular weight excluding hydrogens is 475 g/mol. The van der Waals surface area contributed by atoms with Crippen LogP contribution in [-0.2, 0) is 33.3 Å². The van der Waals surface area contributed by atoms with Gasteiger partial charge in [0.05, 0.1) is 17.7 Å². The molecular formula is C19H21FN6O5S2. The minimum atomic E-state index is -3.82. The summed E-state index contributed by atoms with van der Waals surface area (Å²) in [7, 11) is -0.731. The highest BCUT2D eigenvalue weighted by atomic mass is 32.2. The molecule has 1 aromatic carbocycles. The first kappa shape index (κ1) is 24.4. The maximum Gasteiger partial charge on any atom is 0.280 e. The van der Waals surface area contributed by atoms with Crippen molar-refractivity contribution in [2.24, 2.45) is 12.2 Å². The molecule has 2 heterocycles. The molecule has 3 rings (SSSR count). The van der Waals surface area contributed by atoms with Gasteiger partial charge in [0.1, 0.15) is 5.69 Å². The maximum atomic E-state index is 13.2. The number of aliphatic hydroxyl groups excluding tert-OH is 1. The molecule has 2 aromatic heterocycles. The van der Waals surface area contributed by atoms with Crippen molar-refractivity contribution < 1.29 is 27.5 Å². The monoisotopic (exact) mass is 496 g/mol. The number of thiazole rings is 1. The van der Waals surface area contributed by atoms with Gasteiger partial charge in [0, 0.05) is 32.4 Å². The Hall–Kier alpha value is -3.20. The zero-order valence-electron chi connectivity index (χ0n) is 17.7. The van der Waals surface area contributed by atoms with E-state index in [9.17, 15) is 17.6 Å². The first-order chi connectivity index (χ1) is 15.7. The van der Waals surface area contributed by atoms with Gasteiger partial charge in [-0.2, -0.15) is 13.8 Å². The summed E-state index contributed by atoms with van der Waals surface area (Å²) in [6.07, 6.45) is 2.69. The number of nitrogens with zero attached hydrogens (tertiary/aromatic N) is 5. The van der Waals surface area contributed by atoms with Crippen LogP contribution in [0.2, 0.25) is 0 Å². The van der Waals surface area contributed by atoms with Crippen LogP contribution in [0.5, 0.6) is 0 Å². The van der Waals surface area contributed by atoms with Crippen LogP contribution < -0.4 is 5.32 Å². The van der Waals surface area contributed by atoms with Crippen molar-refractivity contribution in [2.45, 2.75) is 11.5 Å². The summed E-state index contributed by atoms with van der Waals surface area (Å²) in [6.45, 7) is -0.400. The molecule has 2 N–H and O–H groups in total. The predicted molar refractivity (Wildman–Crippen MR) is 119 cm³/mol. The van der Waals surface area contributed by atoms with Gasteiger partial charge in [-0.15, -0.1) is 0 Å². The first-order valence-electron chi connectivity index (χ1n) is 9.49. The summed E-state index contributed by atoms with van der Waals surface area (Å²) in [5.41, 5.74) is 0.667. The molecule has 14 heteroatoms. The number of carbonyl (C=O) groups is 1. The van der Waals surface area contributed by atoms with Gasteiger partial charge in [-0.25, -0.2) is 13.4 Å². The number of hydrogen-bond donors (Lipinski definition) is 2. The molecule has 11 nitrogen and oxygen atoms in total. The number of sulfonamides is 1. The summed E-state index contributed by atoms with van der Waals surface area (Å²) in [4.78, 5) is 21.8. The number of halogens is 1. The molecule has 33 heavy (non-hydrogen) atoms. The van der Waals surface area contributed by atoms with E-state index in [2.05, 4.69) is 20.6 Å². The molecule has 0 aliphatic rings. The van der Waals surface area contributed by atoms with Crippen LogP contribution >= 0.6 is 11.3 Å². The fourth-order valence-corrected chi connectivity index (χ4v) is 4.32. The number of anilines is 1. The highest BCUT2D eigenvalue weighted by Crippen LogP contribution is 2.18. The second kappa shape index (κ2) is 10.6. The molecule has 0 saturated carbocycles. The number of aliphatic hydroxyl groups is 1. The van der Waals surface area contributed by atoms with E-state index < -0.39 is 21.1 Å². The second-order valence-corrected chi connectivity index (χ2v) is 9.72. The number of nitrogens with one attached hydrogen (secondary N) is 1. The number of aromatic nitrogens is 3. The van der Waals surface area contributed by atoms with Crippen LogP contribution in [0.25, 0.3) is 0 Å². The van der Waals surface area contributed by atoms with E-state index in [1.807, 2.05) is 0 Å². The van der Waals surface area contributed by atoms with Crippen LogP contribution in [0.3, 0.4) is 0 Å². The zero-order valence-corrected chi connectivity index (χ0v) is 19.3. The number of aryl methyl sites for hydroxylation is 1. The lowest BCUT2D eigenvalue weighted by molar-refractivity contribution is -0.110. The molecule has 1 amide bonds. The third kappa shape index (κ3) is 6.19. The Bertz CT molecular complexity index is 1240. The Labute approximate surface area is 193 Å². The summed E-state index contributed by atoms with van der Waals surface area (Å²) in [6, 6.07) is 7.12. The van der Waals surface area contributed by atoms with Crippen molar-refractivity contribution in [3.05, 3.63) is 59.1 Å². The first-order valence-corrected chi connectivity index (χ1v) is 11.7. The zero-order chi connectivity index (χ0) is 24.0. The van der Waals surface area contributed by atoms with Crippen molar-refractivity contribution in [3.8, 4) is 0 Å². The van der Waals surface area contributed by atoms with Gasteiger partial charge in [-0.1, -0.05) is 28.6 Å². The summed E-state index contributed by atoms with van der Waals surface area (Å²) in [5, 5.41) is 18.9. The van der Waals surface area contributed by atoms with Crippen LogP contribution in [0.4, 0.5) is 9.52 Å². The fourth-order valence-electron chi connectivity index (χ4n) is 2.62. The van der Waals surface area contributed by atoms with E-state index in [-0.39, 0.29) is 41.1 Å². The van der Waals surface area contributed by atoms with Gasteiger partial charge in [0.25, 0.3) is 5.91 Å². The number of carbonyl (C=O) groups excluding carboxylic acids is 1. The van der Waals surface area contributed by atoms with Gasteiger partial charge in [-0.3, -0.25) is 14.8 Å². The lowest BCUT2D eigenvalue weighted by Gasteiger charge is -2.16. The molecule has 0 spiro atoms. The van der Waals surface area contributed by atoms with Crippen molar-refractivity contribution in [3.63, 3.8) is 0 Å². The lowest BCUT2D eigenvalue weighted by Crippen LogP contribution is -2.29. The van der Waals surface area contributed by atoms with Crippen molar-refractivity contribution in [1.82, 2.24) is 19.1 Å². The lowest BCUT2D eigenvalue weighted by atomic mass is 10.1. The van der Waals surface area contributed by atoms with E-state index in [4.69, 9.17) is 9.94 Å². The average molecular weight is 497 g/mol. The third-order valence-electron chi connectivity index (χ3n) is 4.30. The van der Waals surface area contributed by atoms with Crippen molar-refractivity contribution in [1.29, 1.82) is 0 Å². The predicted octanol–water partition coefficient (Wildman–Crippen LogP) is 1.19. The number of benzene rings is 1. The number of oxime groups is 1. The van der Waals surface area contributed by atoms with Crippen LogP contribution in [0.15, 0.2) is 52.8 Å². The average Bonchev–Trinajstić information content (AvgIpc) is 3.38. The molecule has 0 radical (unpaired) electrons. The molecule has 176 valence electrons. The van der Waals surface area contributed by atoms with Gasteiger partial charge < -0.3 is 9.94 Å². The number of amides is 1. The Kier molecular flexibility index (Phi) is 7.86. The van der Waals surface area contributed by atoms with Gasteiger partial charge in [-0.05, 0) is 18.2 Å². The van der Waals surface area contributed by atoms with Gasteiger partial charge in [0.2, 0.25) is 10.0 Å². The van der Waals surface area contributed by atoms with E-state index >= 15 is 0 Å². The molecule has 0 atom stereocenters. The van der Waals surface area contributed by atoms with E-state index in [0.717, 1.165) is 10.5 Å². The van der Waals surface area contributed by atoms with Crippen LogP contribution in [0.1, 0.15) is 11.3 Å². The minimum Gasteiger partial charge on any atom is -0.395 e. The summed E-state index contributed by atoms with van der Waals surface area (Å²) >= 11 is 0.642. The highest BCUT2D eigenvalue weighted by molar-refractivity contribution is 7.89. The standard InChI is InChI=1S/C19H21FN6O5S2/c1-25-8-7-14(23-25)12-31-24-17(18(28)22-19-21-11-16(20)32-19)13-3-5-15(6-4-13)33(29,30)26(2)9-10-27/h3-8,11,27H,9-10,12H2,1-2H3,(H,21,22,28). The number of hydrogen-bond acceptors (Lipinski definition) is 9. The summed E-state index contributed by atoms with van der Waals surface area (Å²) in [5.74, 6) is -0.724. The Morgan fingerprint density at radius 3 is 2.64 bits per heavy atom. The minimum absolute atomic E-state index is 0.0120. The van der Waals surface area contributed by atoms with Gasteiger partial charge in [0.15, 0.2) is 22.6 Å². The number of likely N-dealkylation sites (N-methyl/N-ethyl adjacent to an activating group) is 1. The molecule has 0 aliphatic carbocycles. The maximum absolute atomic E-state index is 13.2. The van der Waals surface area contributed by atoms with Crippen molar-refractivity contribution >= 4 is 38.1 Å². The van der Waals surface area contributed by atoms with E-state index in [0.29, 0.717) is 17.0 Å². The Morgan fingerprint density at radius 1 is 1.33 bits per heavy atom. The third-order valence-corrected chi connectivity index (χ3v) is 6.87. The topological polar surface area (TPSA) is 139 Å². The quantitative estimate of drug-likeness (QED) is 0.317. The molecule has 0 unspecified atom stereocenters. The van der Waals surface area contributed by atoms with Gasteiger partial charge >= 0.3 is 0 Å². The van der Waals surface area contributed by atoms with E-state index in [1.54, 1.807) is 24.0 Å². The second-order valence-electron chi connectivity index (χ2n) is 6.69. The molecule has 0 bridgehead atoms. The smallest absolute Gasteiger partial charge is 0.280 e. The Balaban J connectivity index is 1.85. The fraction of sp³-hybridized carbons (Fsp3) is 0.263. The van der Waals surface area contributed by atoms with E-state index in [1.165, 1.54) is 31.3 Å². The molecule has 0 aliphatic heterocycles.